The summed E-state index contributed by atoms with van der Waals surface area (Å²) < 4.78 is 0. The van der Waals surface area contributed by atoms with Crippen LogP contribution in [0.5, 0.6) is 0 Å². The molecule has 0 saturated heterocycles. The van der Waals surface area contributed by atoms with Crippen LogP contribution in [0.15, 0.2) is 24.3 Å². The third-order valence-electron chi connectivity index (χ3n) is 2.41. The molecule has 4 heteroatoms. The average Bonchev–Trinajstić information content (AvgIpc) is 3.05. The maximum atomic E-state index is 8.54. The van der Waals surface area contributed by atoms with Crippen molar-refractivity contribution in [3.05, 3.63) is 29.8 Å². The van der Waals surface area contributed by atoms with Crippen LogP contribution in [0, 0.1) is 11.3 Å². The molecule has 2 N–H and O–H groups in total. The Bertz CT molecular complexity index is 415. The summed E-state index contributed by atoms with van der Waals surface area (Å²) in [5, 5.41) is 15.6. The quantitative estimate of drug-likeness (QED) is 0.783. The van der Waals surface area contributed by atoms with E-state index in [1.54, 1.807) is 0 Å². The largest absolute Gasteiger partial charge is 0.360 e. The predicted octanol–water partition coefficient (Wildman–Crippen LogP) is 2.20. The van der Waals surface area contributed by atoms with Crippen molar-refractivity contribution in [2.24, 2.45) is 0 Å². The van der Waals surface area contributed by atoms with Crippen LogP contribution < -0.4 is 10.6 Å². The summed E-state index contributed by atoms with van der Waals surface area (Å²) in [6, 6.07) is 10.4. The molecule has 2 rings (SSSR count). The molecule has 1 aromatic rings. The minimum Gasteiger partial charge on any atom is -0.360 e. The topological polar surface area (TPSA) is 47.9 Å². The van der Waals surface area contributed by atoms with Gasteiger partial charge in [-0.1, -0.05) is 12.1 Å². The van der Waals surface area contributed by atoms with Gasteiger partial charge >= 0.3 is 0 Å². The zero-order chi connectivity index (χ0) is 11.4. The van der Waals surface area contributed by atoms with Gasteiger partial charge in [0.05, 0.1) is 12.5 Å². The Morgan fingerprint density at radius 3 is 2.62 bits per heavy atom. The second kappa shape index (κ2) is 4.95. The molecule has 1 aliphatic rings. The summed E-state index contributed by atoms with van der Waals surface area (Å²) in [6.07, 6.45) is 2.87. The summed E-state index contributed by atoms with van der Waals surface area (Å²) in [5.74, 6) is 0. The average molecular weight is 231 g/mol. The number of thiocarbonyl (C=S) groups is 1. The first-order valence-electron chi connectivity index (χ1n) is 5.31. The molecule has 3 nitrogen and oxygen atoms in total. The van der Waals surface area contributed by atoms with Crippen molar-refractivity contribution in [2.75, 3.05) is 5.32 Å². The number of nitriles is 1. The van der Waals surface area contributed by atoms with Crippen molar-refractivity contribution in [1.29, 1.82) is 5.26 Å². The Balaban J connectivity index is 1.88. The highest BCUT2D eigenvalue weighted by atomic mass is 32.1. The van der Waals surface area contributed by atoms with Crippen LogP contribution in [0.3, 0.4) is 0 Å². The van der Waals surface area contributed by atoms with Crippen LogP contribution in [-0.2, 0) is 6.42 Å². The van der Waals surface area contributed by atoms with Crippen LogP contribution in [0.1, 0.15) is 18.4 Å². The second-order valence-electron chi connectivity index (χ2n) is 3.90. The number of hydrogen-bond acceptors (Lipinski definition) is 2. The third-order valence-corrected chi connectivity index (χ3v) is 2.63. The Labute approximate surface area is 100 Å². The molecule has 0 amide bonds. The summed E-state index contributed by atoms with van der Waals surface area (Å²) in [7, 11) is 0. The molecule has 0 unspecified atom stereocenters. The van der Waals surface area contributed by atoms with Gasteiger partial charge in [0.25, 0.3) is 0 Å². The highest BCUT2D eigenvalue weighted by Crippen LogP contribution is 2.19. The van der Waals surface area contributed by atoms with Gasteiger partial charge in [0, 0.05) is 11.7 Å². The van der Waals surface area contributed by atoms with Crippen molar-refractivity contribution >= 4 is 23.0 Å². The molecule has 0 aliphatic heterocycles. The lowest BCUT2D eigenvalue weighted by atomic mass is 10.1. The Hall–Kier alpha value is -1.60. The van der Waals surface area contributed by atoms with Crippen molar-refractivity contribution in [1.82, 2.24) is 5.32 Å². The SMILES string of the molecule is N#CCc1ccc(NC(=S)NC2CC2)cc1. The van der Waals surface area contributed by atoms with Crippen LogP contribution in [0.4, 0.5) is 5.69 Å². The molecule has 0 heterocycles. The highest BCUT2D eigenvalue weighted by molar-refractivity contribution is 7.80. The summed E-state index contributed by atoms with van der Waals surface area (Å²) in [5.41, 5.74) is 1.98. The predicted molar refractivity (Wildman–Crippen MR) is 68.1 cm³/mol. The molecule has 1 saturated carbocycles. The summed E-state index contributed by atoms with van der Waals surface area (Å²) in [4.78, 5) is 0. The lowest BCUT2D eigenvalue weighted by molar-refractivity contribution is 0.919. The summed E-state index contributed by atoms with van der Waals surface area (Å²) in [6.45, 7) is 0. The summed E-state index contributed by atoms with van der Waals surface area (Å²) >= 11 is 5.16. The van der Waals surface area contributed by atoms with Crippen molar-refractivity contribution in [3.8, 4) is 6.07 Å². The van der Waals surface area contributed by atoms with E-state index in [0.717, 1.165) is 11.3 Å². The van der Waals surface area contributed by atoms with Gasteiger partial charge in [0.15, 0.2) is 5.11 Å². The number of anilines is 1. The molecule has 0 bridgehead atoms. The maximum absolute atomic E-state index is 8.54. The fraction of sp³-hybridized carbons (Fsp3) is 0.333. The van der Waals surface area contributed by atoms with Gasteiger partial charge in [0.1, 0.15) is 0 Å². The normalized spacial score (nSPS) is 13.9. The first-order valence-corrected chi connectivity index (χ1v) is 5.72. The van der Waals surface area contributed by atoms with Gasteiger partial charge in [-0.2, -0.15) is 5.26 Å². The number of rotatable bonds is 3. The highest BCUT2D eigenvalue weighted by Gasteiger charge is 2.21. The monoisotopic (exact) mass is 231 g/mol. The smallest absolute Gasteiger partial charge is 0.170 e. The maximum Gasteiger partial charge on any atom is 0.170 e. The van der Waals surface area contributed by atoms with E-state index in [4.69, 9.17) is 17.5 Å². The van der Waals surface area contributed by atoms with Gasteiger partial charge in [0.2, 0.25) is 0 Å². The third kappa shape index (κ3) is 3.21. The molecule has 1 aliphatic carbocycles. The fourth-order valence-corrected chi connectivity index (χ4v) is 1.66. The number of nitrogens with one attached hydrogen (secondary N) is 2. The Morgan fingerprint density at radius 1 is 1.38 bits per heavy atom. The number of nitrogens with zero attached hydrogens (tertiary/aromatic N) is 1. The fourth-order valence-electron chi connectivity index (χ4n) is 1.38. The van der Waals surface area contributed by atoms with Gasteiger partial charge in [-0.3, -0.25) is 0 Å². The molecular formula is C12H13N3S. The van der Waals surface area contributed by atoms with Gasteiger partial charge in [-0.15, -0.1) is 0 Å². The lowest BCUT2D eigenvalue weighted by Crippen LogP contribution is -2.30. The van der Waals surface area contributed by atoms with E-state index in [1.165, 1.54) is 12.8 Å². The standard InChI is InChI=1S/C12H13N3S/c13-8-7-9-1-3-10(4-2-9)14-12(16)15-11-5-6-11/h1-4,11H,5-7H2,(H2,14,15,16). The molecule has 0 radical (unpaired) electrons. The van der Waals surface area contributed by atoms with E-state index >= 15 is 0 Å². The van der Waals surface area contributed by atoms with Crippen LogP contribution in [-0.4, -0.2) is 11.2 Å². The van der Waals surface area contributed by atoms with E-state index in [9.17, 15) is 0 Å². The van der Waals surface area contributed by atoms with E-state index in [1.807, 2.05) is 24.3 Å². The second-order valence-corrected chi connectivity index (χ2v) is 4.31. The van der Waals surface area contributed by atoms with E-state index in [-0.39, 0.29) is 0 Å². The molecule has 82 valence electrons. The number of hydrogen-bond donors (Lipinski definition) is 2. The molecular weight excluding hydrogens is 218 g/mol. The lowest BCUT2D eigenvalue weighted by Gasteiger charge is -2.09. The minimum atomic E-state index is 0.449. The van der Waals surface area contributed by atoms with E-state index < -0.39 is 0 Å². The first kappa shape index (κ1) is 10.9. The molecule has 1 fully saturated rings. The van der Waals surface area contributed by atoms with Gasteiger partial charge < -0.3 is 10.6 Å². The van der Waals surface area contributed by atoms with Crippen molar-refractivity contribution in [3.63, 3.8) is 0 Å². The molecule has 0 spiro atoms. The molecule has 1 aromatic carbocycles. The molecule has 16 heavy (non-hydrogen) atoms. The van der Waals surface area contributed by atoms with Crippen molar-refractivity contribution < 1.29 is 0 Å². The van der Waals surface area contributed by atoms with Gasteiger partial charge in [-0.05, 0) is 42.8 Å². The Kier molecular flexibility index (Phi) is 3.37. The Morgan fingerprint density at radius 2 is 2.06 bits per heavy atom. The van der Waals surface area contributed by atoms with Crippen LogP contribution in [0.2, 0.25) is 0 Å². The molecule has 0 atom stereocenters. The zero-order valence-corrected chi connectivity index (χ0v) is 9.68. The van der Waals surface area contributed by atoms with Crippen molar-refractivity contribution in [2.45, 2.75) is 25.3 Å². The minimum absolute atomic E-state index is 0.449. The molecule has 0 aromatic heterocycles. The first-order chi connectivity index (χ1) is 7.78. The number of benzene rings is 1. The van der Waals surface area contributed by atoms with E-state index in [2.05, 4.69) is 16.7 Å². The van der Waals surface area contributed by atoms with Crippen LogP contribution >= 0.6 is 12.2 Å². The van der Waals surface area contributed by atoms with E-state index in [0.29, 0.717) is 17.6 Å². The zero-order valence-electron chi connectivity index (χ0n) is 8.86. The van der Waals surface area contributed by atoms with Gasteiger partial charge in [-0.25, -0.2) is 0 Å². The van der Waals surface area contributed by atoms with Crippen LogP contribution in [0.25, 0.3) is 0 Å².